The van der Waals surface area contributed by atoms with Gasteiger partial charge in [0.15, 0.2) is 0 Å². The predicted octanol–water partition coefficient (Wildman–Crippen LogP) is 2.41. The molecule has 1 aromatic heterocycles. The van der Waals surface area contributed by atoms with Crippen molar-refractivity contribution in [2.75, 3.05) is 19.3 Å². The zero-order valence-electron chi connectivity index (χ0n) is 10.1. The zero-order valence-corrected chi connectivity index (χ0v) is 11.7. The molecule has 0 aliphatic carbocycles. The number of piperidine rings is 1. The van der Waals surface area contributed by atoms with Crippen LogP contribution in [0.1, 0.15) is 22.5 Å². The first-order valence-corrected chi connectivity index (χ1v) is 7.87. The largest absolute Gasteiger partial charge is 0.481 e. The molecule has 6 heteroatoms. The van der Waals surface area contributed by atoms with Crippen LogP contribution >= 0.6 is 23.1 Å². The molecule has 0 radical (unpaired) electrons. The molecule has 1 saturated heterocycles. The summed E-state index contributed by atoms with van der Waals surface area (Å²) < 4.78 is 0. The van der Waals surface area contributed by atoms with Crippen LogP contribution in [0.25, 0.3) is 0 Å². The molecule has 18 heavy (non-hydrogen) atoms. The summed E-state index contributed by atoms with van der Waals surface area (Å²) in [6.07, 6.45) is 3.07. The summed E-state index contributed by atoms with van der Waals surface area (Å²) in [4.78, 5) is 26.7. The maximum atomic E-state index is 12.3. The van der Waals surface area contributed by atoms with E-state index in [1.807, 2.05) is 17.7 Å². The summed E-state index contributed by atoms with van der Waals surface area (Å²) >= 11 is 3.02. The van der Waals surface area contributed by atoms with Crippen molar-refractivity contribution in [3.05, 3.63) is 16.3 Å². The Bertz CT molecular complexity index is 450. The zero-order chi connectivity index (χ0) is 13.1. The summed E-state index contributed by atoms with van der Waals surface area (Å²) in [6.45, 7) is 1.09. The van der Waals surface area contributed by atoms with Crippen molar-refractivity contribution in [1.82, 2.24) is 4.90 Å². The lowest BCUT2D eigenvalue weighted by molar-refractivity contribution is -0.143. The van der Waals surface area contributed by atoms with E-state index in [1.54, 1.807) is 16.7 Å². The van der Waals surface area contributed by atoms with E-state index in [4.69, 9.17) is 5.11 Å². The highest BCUT2D eigenvalue weighted by Crippen LogP contribution is 2.28. The Kier molecular flexibility index (Phi) is 4.29. The monoisotopic (exact) mass is 285 g/mol. The molecule has 0 unspecified atom stereocenters. The van der Waals surface area contributed by atoms with Crippen LogP contribution in [0.15, 0.2) is 16.3 Å². The fourth-order valence-corrected chi connectivity index (χ4v) is 3.80. The number of thioether (sulfide) groups is 1. The molecule has 0 aromatic carbocycles. The number of hydrogen-bond acceptors (Lipinski definition) is 4. The van der Waals surface area contributed by atoms with Crippen molar-refractivity contribution in [2.45, 2.75) is 17.7 Å². The van der Waals surface area contributed by atoms with Crippen LogP contribution in [-0.4, -0.2) is 41.2 Å². The number of carbonyl (C=O) groups excluding carboxylic acids is 1. The highest BCUT2D eigenvalue weighted by Gasteiger charge is 2.28. The number of hydrogen-bond donors (Lipinski definition) is 1. The van der Waals surface area contributed by atoms with Gasteiger partial charge in [0.1, 0.15) is 4.88 Å². The first-order chi connectivity index (χ1) is 8.63. The number of carboxylic acids is 1. The highest BCUT2D eigenvalue weighted by atomic mass is 32.2. The lowest BCUT2D eigenvalue weighted by Gasteiger charge is -2.30. The van der Waals surface area contributed by atoms with Gasteiger partial charge in [0.05, 0.1) is 5.92 Å². The molecule has 0 saturated carbocycles. The van der Waals surface area contributed by atoms with Gasteiger partial charge in [0.25, 0.3) is 5.91 Å². The first-order valence-electron chi connectivity index (χ1n) is 5.77. The molecule has 0 spiro atoms. The van der Waals surface area contributed by atoms with E-state index in [-0.39, 0.29) is 11.8 Å². The minimum Gasteiger partial charge on any atom is -0.481 e. The molecular formula is C12H15NO3S2. The molecular weight excluding hydrogens is 270 g/mol. The van der Waals surface area contributed by atoms with E-state index in [2.05, 4.69) is 0 Å². The number of carboxylic acid groups (broad SMARTS) is 1. The molecule has 2 heterocycles. The predicted molar refractivity (Wildman–Crippen MR) is 72.4 cm³/mol. The maximum absolute atomic E-state index is 12.3. The van der Waals surface area contributed by atoms with Gasteiger partial charge in [-0.05, 0) is 30.5 Å². The summed E-state index contributed by atoms with van der Waals surface area (Å²) in [5.74, 6) is -1.00. The SMILES string of the molecule is CSc1ccsc1C(=O)N1CCC(C(=O)O)CC1. The Labute approximate surface area is 114 Å². The van der Waals surface area contributed by atoms with E-state index in [9.17, 15) is 9.59 Å². The fourth-order valence-electron chi connectivity index (χ4n) is 2.09. The smallest absolute Gasteiger partial charge is 0.306 e. The van der Waals surface area contributed by atoms with Crippen molar-refractivity contribution in [3.63, 3.8) is 0 Å². The van der Waals surface area contributed by atoms with Crippen LogP contribution < -0.4 is 0 Å². The Morgan fingerprint density at radius 3 is 2.67 bits per heavy atom. The molecule has 1 amide bonds. The number of nitrogens with zero attached hydrogens (tertiary/aromatic N) is 1. The second kappa shape index (κ2) is 5.75. The van der Waals surface area contributed by atoms with E-state index in [1.165, 1.54) is 11.3 Å². The summed E-state index contributed by atoms with van der Waals surface area (Å²) in [5, 5.41) is 10.8. The van der Waals surface area contributed by atoms with E-state index >= 15 is 0 Å². The van der Waals surface area contributed by atoms with Crippen molar-refractivity contribution in [2.24, 2.45) is 5.92 Å². The van der Waals surface area contributed by atoms with E-state index in [0.29, 0.717) is 25.9 Å². The van der Waals surface area contributed by atoms with E-state index in [0.717, 1.165) is 9.77 Å². The third kappa shape index (κ3) is 2.70. The van der Waals surface area contributed by atoms with Gasteiger partial charge in [-0.3, -0.25) is 9.59 Å². The van der Waals surface area contributed by atoms with Crippen molar-refractivity contribution >= 4 is 35.0 Å². The normalized spacial score (nSPS) is 16.8. The van der Waals surface area contributed by atoms with Gasteiger partial charge in [-0.1, -0.05) is 0 Å². The van der Waals surface area contributed by atoms with Crippen LogP contribution in [0.4, 0.5) is 0 Å². The minimum atomic E-state index is -0.747. The lowest BCUT2D eigenvalue weighted by atomic mass is 9.97. The second-order valence-corrected chi connectivity index (χ2v) is 5.99. The molecule has 0 bridgehead atoms. The van der Waals surface area contributed by atoms with Crippen LogP contribution in [0.3, 0.4) is 0 Å². The van der Waals surface area contributed by atoms with Crippen molar-refractivity contribution in [1.29, 1.82) is 0 Å². The molecule has 0 atom stereocenters. The van der Waals surface area contributed by atoms with Crippen LogP contribution in [0.5, 0.6) is 0 Å². The van der Waals surface area contributed by atoms with Crippen molar-refractivity contribution in [3.8, 4) is 0 Å². The van der Waals surface area contributed by atoms with Gasteiger partial charge in [-0.25, -0.2) is 0 Å². The van der Waals surface area contributed by atoms with Gasteiger partial charge in [-0.2, -0.15) is 0 Å². The highest BCUT2D eigenvalue weighted by molar-refractivity contribution is 7.98. The molecule has 4 nitrogen and oxygen atoms in total. The molecule has 1 N–H and O–H groups in total. The second-order valence-electron chi connectivity index (χ2n) is 4.22. The molecule has 98 valence electrons. The van der Waals surface area contributed by atoms with Gasteiger partial charge in [0, 0.05) is 18.0 Å². The number of thiophene rings is 1. The fraction of sp³-hybridized carbons (Fsp3) is 0.500. The maximum Gasteiger partial charge on any atom is 0.306 e. The lowest BCUT2D eigenvalue weighted by Crippen LogP contribution is -2.40. The van der Waals surface area contributed by atoms with Crippen LogP contribution in [0.2, 0.25) is 0 Å². The minimum absolute atomic E-state index is 0.0400. The molecule has 1 aliphatic heterocycles. The summed E-state index contributed by atoms with van der Waals surface area (Å²) in [7, 11) is 0. The first kappa shape index (κ1) is 13.4. The molecule has 1 aliphatic rings. The number of rotatable bonds is 3. The average molecular weight is 285 g/mol. The molecule has 2 rings (SSSR count). The van der Waals surface area contributed by atoms with Gasteiger partial charge in [0.2, 0.25) is 0 Å². The standard InChI is InChI=1S/C12H15NO3S2/c1-17-9-4-7-18-10(9)11(14)13-5-2-8(3-6-13)12(15)16/h4,7-8H,2-3,5-6H2,1H3,(H,15,16). The quantitative estimate of drug-likeness (QED) is 0.866. The third-order valence-electron chi connectivity index (χ3n) is 3.17. The Morgan fingerprint density at radius 2 is 2.11 bits per heavy atom. The van der Waals surface area contributed by atoms with E-state index < -0.39 is 5.97 Å². The number of carbonyl (C=O) groups is 2. The van der Waals surface area contributed by atoms with Gasteiger partial charge >= 0.3 is 5.97 Å². The molecule has 1 aromatic rings. The number of aliphatic carboxylic acids is 1. The summed E-state index contributed by atoms with van der Waals surface area (Å²) in [6, 6.07) is 1.95. The topological polar surface area (TPSA) is 57.6 Å². The van der Waals surface area contributed by atoms with Gasteiger partial charge < -0.3 is 10.0 Å². The van der Waals surface area contributed by atoms with Crippen molar-refractivity contribution < 1.29 is 14.7 Å². The Morgan fingerprint density at radius 1 is 1.44 bits per heavy atom. The molecule has 1 fully saturated rings. The number of amides is 1. The third-order valence-corrected chi connectivity index (χ3v) is 4.99. The summed E-state index contributed by atoms with van der Waals surface area (Å²) in [5.41, 5.74) is 0. The van der Waals surface area contributed by atoms with Crippen LogP contribution in [0, 0.1) is 5.92 Å². The van der Waals surface area contributed by atoms with Gasteiger partial charge in [-0.15, -0.1) is 23.1 Å². The Balaban J connectivity index is 2.02. The Hall–Kier alpha value is -1.01. The van der Waals surface area contributed by atoms with Crippen LogP contribution in [-0.2, 0) is 4.79 Å². The number of likely N-dealkylation sites (tertiary alicyclic amines) is 1. The average Bonchev–Trinajstić information content (AvgIpc) is 2.86.